The molecule has 0 bridgehead atoms. The average Bonchev–Trinajstić information content (AvgIpc) is 3.26. The maximum atomic E-state index is 14.4. The summed E-state index contributed by atoms with van der Waals surface area (Å²) in [5.41, 5.74) is 4.00. The van der Waals surface area contributed by atoms with E-state index in [1.807, 2.05) is 18.2 Å². The van der Waals surface area contributed by atoms with Crippen LogP contribution in [-0.2, 0) is 6.54 Å². The van der Waals surface area contributed by atoms with Crippen LogP contribution >= 0.6 is 0 Å². The first-order valence-corrected chi connectivity index (χ1v) is 10.6. The van der Waals surface area contributed by atoms with E-state index < -0.39 is 11.6 Å². The molecule has 0 spiro atoms. The van der Waals surface area contributed by atoms with Gasteiger partial charge < -0.3 is 9.15 Å². The molecule has 3 aromatic carbocycles. The van der Waals surface area contributed by atoms with Gasteiger partial charge in [-0.25, -0.2) is 8.78 Å². The van der Waals surface area contributed by atoms with Crippen LogP contribution in [0.2, 0.25) is 0 Å². The Labute approximate surface area is 185 Å². The molecule has 0 N–H and O–H groups in total. The second-order valence-electron chi connectivity index (χ2n) is 7.96. The van der Waals surface area contributed by atoms with Gasteiger partial charge in [0.05, 0.1) is 12.7 Å². The van der Waals surface area contributed by atoms with Crippen LogP contribution in [0.3, 0.4) is 0 Å². The molecule has 0 saturated carbocycles. The van der Waals surface area contributed by atoms with Gasteiger partial charge in [-0.05, 0) is 47.4 Å². The molecule has 4 aromatic rings. The summed E-state index contributed by atoms with van der Waals surface area (Å²) >= 11 is 0. The molecule has 1 aromatic heterocycles. The summed E-state index contributed by atoms with van der Waals surface area (Å²) in [6.07, 6.45) is 3.25. The van der Waals surface area contributed by atoms with E-state index >= 15 is 0 Å². The largest absolute Gasteiger partial charge is 0.493 e. The summed E-state index contributed by atoms with van der Waals surface area (Å²) in [6.45, 7) is 2.48. The number of benzene rings is 3. The molecule has 0 unspecified atom stereocenters. The SMILES string of the molecule is COc1ccc(CN2CC=C(c3ccccc3)CC2)c2cc(-c3c(F)cccc3F)oc12. The van der Waals surface area contributed by atoms with Crippen LogP contribution in [0.15, 0.2) is 77.2 Å². The monoisotopic (exact) mass is 431 g/mol. The number of rotatable bonds is 5. The van der Waals surface area contributed by atoms with Crippen molar-refractivity contribution in [3.8, 4) is 17.1 Å². The number of nitrogens with zero attached hydrogens (tertiary/aromatic N) is 1. The van der Waals surface area contributed by atoms with Gasteiger partial charge in [-0.1, -0.05) is 48.5 Å². The zero-order valence-corrected chi connectivity index (χ0v) is 17.8. The lowest BCUT2D eigenvalue weighted by Crippen LogP contribution is -2.28. The van der Waals surface area contributed by atoms with Crippen molar-refractivity contribution < 1.29 is 17.9 Å². The first-order chi connectivity index (χ1) is 15.6. The van der Waals surface area contributed by atoms with E-state index in [4.69, 9.17) is 9.15 Å². The molecule has 0 radical (unpaired) electrons. The highest BCUT2D eigenvalue weighted by Gasteiger charge is 2.21. The summed E-state index contributed by atoms with van der Waals surface area (Å²) < 4.78 is 40.0. The Bertz CT molecular complexity index is 1270. The molecule has 0 atom stereocenters. The number of furan rings is 1. The van der Waals surface area contributed by atoms with Crippen molar-refractivity contribution in [2.75, 3.05) is 20.2 Å². The van der Waals surface area contributed by atoms with Gasteiger partial charge in [0, 0.05) is 25.0 Å². The number of ether oxygens (including phenoxy) is 1. The predicted molar refractivity (Wildman–Crippen MR) is 122 cm³/mol. The Kier molecular flexibility index (Phi) is 5.50. The van der Waals surface area contributed by atoms with E-state index in [-0.39, 0.29) is 11.3 Å². The fourth-order valence-electron chi connectivity index (χ4n) is 4.32. The molecule has 1 aliphatic heterocycles. The van der Waals surface area contributed by atoms with E-state index in [2.05, 4.69) is 35.2 Å². The van der Waals surface area contributed by atoms with E-state index in [0.717, 1.165) is 30.5 Å². The standard InChI is InChI=1S/C27H23F2NO2/c1-31-24-11-10-20(17-30-14-12-19(13-15-30)18-6-3-2-4-7-18)21-16-25(32-27(21)24)26-22(28)8-5-9-23(26)29/h2-12,16H,13-15,17H2,1H3. The molecule has 0 fully saturated rings. The van der Waals surface area contributed by atoms with Crippen LogP contribution in [-0.4, -0.2) is 25.1 Å². The molecule has 1 aliphatic rings. The fraction of sp³-hybridized carbons (Fsp3) is 0.185. The Balaban J connectivity index is 1.46. The molecule has 5 rings (SSSR count). The fourth-order valence-corrected chi connectivity index (χ4v) is 4.32. The van der Waals surface area contributed by atoms with Crippen molar-refractivity contribution in [1.29, 1.82) is 0 Å². The van der Waals surface area contributed by atoms with E-state index in [1.54, 1.807) is 13.2 Å². The Morgan fingerprint density at radius 3 is 2.44 bits per heavy atom. The lowest BCUT2D eigenvalue weighted by Gasteiger charge is -2.26. The third kappa shape index (κ3) is 3.80. The van der Waals surface area contributed by atoms with Crippen LogP contribution in [0.4, 0.5) is 8.78 Å². The normalized spacial score (nSPS) is 14.5. The summed E-state index contributed by atoms with van der Waals surface area (Å²) in [4.78, 5) is 2.35. The van der Waals surface area contributed by atoms with E-state index in [9.17, 15) is 8.78 Å². The van der Waals surface area contributed by atoms with Gasteiger partial charge in [-0.3, -0.25) is 4.90 Å². The summed E-state index contributed by atoms with van der Waals surface area (Å²) in [5, 5.41) is 0.805. The van der Waals surface area contributed by atoms with E-state index in [0.29, 0.717) is 17.9 Å². The smallest absolute Gasteiger partial charge is 0.176 e. The van der Waals surface area contributed by atoms with Crippen LogP contribution < -0.4 is 4.74 Å². The molecule has 32 heavy (non-hydrogen) atoms. The highest BCUT2D eigenvalue weighted by molar-refractivity contribution is 5.90. The second-order valence-corrected chi connectivity index (χ2v) is 7.96. The minimum absolute atomic E-state index is 0.159. The van der Waals surface area contributed by atoms with Gasteiger partial charge in [0.1, 0.15) is 17.4 Å². The van der Waals surface area contributed by atoms with Gasteiger partial charge in [0.15, 0.2) is 11.3 Å². The third-order valence-corrected chi connectivity index (χ3v) is 6.00. The predicted octanol–water partition coefficient (Wildman–Crippen LogP) is 6.68. The molecule has 3 nitrogen and oxygen atoms in total. The van der Waals surface area contributed by atoms with Crippen molar-refractivity contribution in [3.63, 3.8) is 0 Å². The molecule has 0 saturated heterocycles. The van der Waals surface area contributed by atoms with Gasteiger partial charge in [-0.15, -0.1) is 0 Å². The molecule has 0 amide bonds. The second kappa shape index (κ2) is 8.60. The van der Waals surface area contributed by atoms with Crippen LogP contribution in [0.5, 0.6) is 5.75 Å². The summed E-state index contributed by atoms with van der Waals surface area (Å²) in [6, 6.07) is 19.8. The Hall–Kier alpha value is -3.44. The van der Waals surface area contributed by atoms with Crippen molar-refractivity contribution in [2.24, 2.45) is 0 Å². The number of hydrogen-bond acceptors (Lipinski definition) is 3. The maximum Gasteiger partial charge on any atom is 0.176 e. The molecule has 2 heterocycles. The first kappa shape index (κ1) is 20.5. The number of hydrogen-bond donors (Lipinski definition) is 0. The minimum atomic E-state index is -0.654. The quantitative estimate of drug-likeness (QED) is 0.353. The van der Waals surface area contributed by atoms with Crippen LogP contribution in [0.1, 0.15) is 17.5 Å². The van der Waals surface area contributed by atoms with Crippen LogP contribution in [0.25, 0.3) is 27.9 Å². The zero-order chi connectivity index (χ0) is 22.1. The maximum absolute atomic E-state index is 14.4. The van der Waals surface area contributed by atoms with Gasteiger partial charge >= 0.3 is 0 Å². The molecule has 5 heteroatoms. The topological polar surface area (TPSA) is 25.6 Å². The highest BCUT2D eigenvalue weighted by Crippen LogP contribution is 2.38. The highest BCUT2D eigenvalue weighted by atomic mass is 19.1. The number of fused-ring (bicyclic) bond motifs is 1. The minimum Gasteiger partial charge on any atom is -0.493 e. The Morgan fingerprint density at radius 1 is 0.969 bits per heavy atom. The van der Waals surface area contributed by atoms with Crippen molar-refractivity contribution in [1.82, 2.24) is 4.90 Å². The number of methoxy groups -OCH3 is 1. The van der Waals surface area contributed by atoms with Crippen molar-refractivity contribution >= 4 is 16.5 Å². The summed E-state index contributed by atoms with van der Waals surface area (Å²) in [5.74, 6) is -0.610. The average molecular weight is 431 g/mol. The van der Waals surface area contributed by atoms with Crippen molar-refractivity contribution in [2.45, 2.75) is 13.0 Å². The van der Waals surface area contributed by atoms with Gasteiger partial charge in [0.25, 0.3) is 0 Å². The number of halogens is 2. The zero-order valence-electron chi connectivity index (χ0n) is 17.8. The van der Waals surface area contributed by atoms with Crippen molar-refractivity contribution in [3.05, 3.63) is 95.6 Å². The lowest BCUT2D eigenvalue weighted by molar-refractivity contribution is 0.295. The summed E-state index contributed by atoms with van der Waals surface area (Å²) in [7, 11) is 1.56. The van der Waals surface area contributed by atoms with Gasteiger partial charge in [0.2, 0.25) is 0 Å². The molecule has 0 aliphatic carbocycles. The first-order valence-electron chi connectivity index (χ1n) is 10.6. The molecular formula is C27H23F2NO2. The Morgan fingerprint density at radius 2 is 1.75 bits per heavy atom. The van der Waals surface area contributed by atoms with E-state index in [1.165, 1.54) is 29.3 Å². The molecular weight excluding hydrogens is 408 g/mol. The lowest BCUT2D eigenvalue weighted by atomic mass is 9.99. The van der Waals surface area contributed by atoms with Gasteiger partial charge in [-0.2, -0.15) is 0 Å². The molecule has 162 valence electrons. The third-order valence-electron chi connectivity index (χ3n) is 6.00. The van der Waals surface area contributed by atoms with Crippen LogP contribution in [0, 0.1) is 11.6 Å².